The number of hydrogen-bond donors (Lipinski definition) is 2. The predicted molar refractivity (Wildman–Crippen MR) is 73.7 cm³/mol. The molecule has 1 rings (SSSR count). The molecule has 0 aliphatic rings. The molecule has 1 unspecified atom stereocenters. The fourth-order valence-corrected chi connectivity index (χ4v) is 1.96. The Kier molecular flexibility index (Phi) is 6.36. The molecule has 1 aromatic carbocycles. The lowest BCUT2D eigenvalue weighted by Gasteiger charge is -2.27. The summed E-state index contributed by atoms with van der Waals surface area (Å²) in [6.45, 7) is 6.76. The van der Waals surface area contributed by atoms with Gasteiger partial charge in [0.25, 0.3) is 0 Å². The number of ether oxygens (including phenoxy) is 1. The normalized spacial score (nSPS) is 12.8. The lowest BCUT2D eigenvalue weighted by molar-refractivity contribution is 0.0982. The number of nitrogens with zero attached hydrogens (tertiary/aromatic N) is 1. The molecule has 0 aliphatic carbocycles. The Balaban J connectivity index is 2.64. The minimum atomic E-state index is -1.39. The van der Waals surface area contributed by atoms with E-state index in [2.05, 4.69) is 18.7 Å². The number of rotatable bonds is 7. The van der Waals surface area contributed by atoms with Crippen molar-refractivity contribution in [1.29, 1.82) is 0 Å². The van der Waals surface area contributed by atoms with Gasteiger partial charge in [-0.1, -0.05) is 31.2 Å². The van der Waals surface area contributed by atoms with Crippen LogP contribution in [0.5, 0.6) is 0 Å². The van der Waals surface area contributed by atoms with Crippen LogP contribution in [-0.4, -0.2) is 48.4 Å². The molecule has 5 heteroatoms. The van der Waals surface area contributed by atoms with E-state index in [4.69, 9.17) is 14.8 Å². The summed E-state index contributed by atoms with van der Waals surface area (Å²) in [7, 11) is 0.315. The van der Waals surface area contributed by atoms with E-state index in [1.54, 1.807) is 19.2 Å². The van der Waals surface area contributed by atoms with Crippen molar-refractivity contribution >= 4 is 12.6 Å². The number of methoxy groups -OCH3 is 1. The molecular weight excluding hydrogens is 229 g/mol. The molecule has 2 N–H and O–H groups in total. The fraction of sp³-hybridized carbons (Fsp3) is 0.538. The highest BCUT2D eigenvalue weighted by Gasteiger charge is 2.13. The summed E-state index contributed by atoms with van der Waals surface area (Å²) in [6, 6.07) is 7.71. The second-order valence-corrected chi connectivity index (χ2v) is 4.48. The van der Waals surface area contributed by atoms with E-state index in [9.17, 15) is 0 Å². The SMILES string of the molecule is CCN(Cc1ccc(B(O)O)cc1)C(C)COC. The Bertz CT molecular complexity index is 343. The first kappa shape index (κ1) is 15.2. The summed E-state index contributed by atoms with van der Waals surface area (Å²) in [4.78, 5) is 2.31. The number of likely N-dealkylation sites (N-methyl/N-ethyl adjacent to an activating group) is 1. The van der Waals surface area contributed by atoms with Gasteiger partial charge in [-0.05, 0) is 24.5 Å². The van der Waals surface area contributed by atoms with Gasteiger partial charge >= 0.3 is 7.12 Å². The Morgan fingerprint density at radius 1 is 1.28 bits per heavy atom. The Morgan fingerprint density at radius 3 is 2.33 bits per heavy atom. The molecule has 4 nitrogen and oxygen atoms in total. The Labute approximate surface area is 109 Å². The third-order valence-electron chi connectivity index (χ3n) is 3.10. The van der Waals surface area contributed by atoms with Gasteiger partial charge in [-0.15, -0.1) is 0 Å². The van der Waals surface area contributed by atoms with Gasteiger partial charge < -0.3 is 14.8 Å². The zero-order valence-corrected chi connectivity index (χ0v) is 11.3. The molecule has 0 aromatic heterocycles. The van der Waals surface area contributed by atoms with Gasteiger partial charge in [-0.3, -0.25) is 4.90 Å². The maximum Gasteiger partial charge on any atom is 0.488 e. The Hall–Kier alpha value is -0.875. The molecule has 0 fully saturated rings. The summed E-state index contributed by atoms with van der Waals surface area (Å²) in [5.74, 6) is 0. The van der Waals surface area contributed by atoms with Crippen molar-refractivity contribution in [3.8, 4) is 0 Å². The number of benzene rings is 1. The van der Waals surface area contributed by atoms with Crippen molar-refractivity contribution in [2.45, 2.75) is 26.4 Å². The first-order chi connectivity index (χ1) is 8.58. The van der Waals surface area contributed by atoms with Crippen molar-refractivity contribution in [2.75, 3.05) is 20.3 Å². The van der Waals surface area contributed by atoms with Crippen molar-refractivity contribution in [3.05, 3.63) is 29.8 Å². The van der Waals surface area contributed by atoms with Crippen molar-refractivity contribution in [1.82, 2.24) is 4.90 Å². The zero-order chi connectivity index (χ0) is 13.5. The van der Waals surface area contributed by atoms with E-state index < -0.39 is 7.12 Å². The summed E-state index contributed by atoms with van der Waals surface area (Å²) < 4.78 is 5.17. The van der Waals surface area contributed by atoms with Crippen LogP contribution >= 0.6 is 0 Å². The van der Waals surface area contributed by atoms with Gasteiger partial charge in [0, 0.05) is 19.7 Å². The minimum absolute atomic E-state index is 0.364. The molecular formula is C13H22BNO3. The molecule has 1 aromatic rings. The van der Waals surface area contributed by atoms with Crippen LogP contribution in [0.1, 0.15) is 19.4 Å². The van der Waals surface area contributed by atoms with Gasteiger partial charge in [-0.2, -0.15) is 0 Å². The maximum absolute atomic E-state index is 9.03. The van der Waals surface area contributed by atoms with E-state index in [1.807, 2.05) is 12.1 Å². The molecule has 0 saturated carbocycles. The minimum Gasteiger partial charge on any atom is -0.423 e. The summed E-state index contributed by atoms with van der Waals surface area (Å²) in [5.41, 5.74) is 1.68. The van der Waals surface area contributed by atoms with E-state index in [0.717, 1.165) is 18.7 Å². The highest BCUT2D eigenvalue weighted by molar-refractivity contribution is 6.58. The molecule has 0 radical (unpaired) electrons. The summed E-state index contributed by atoms with van der Waals surface area (Å²) >= 11 is 0. The van der Waals surface area contributed by atoms with Crippen LogP contribution in [0.25, 0.3) is 0 Å². The topological polar surface area (TPSA) is 52.9 Å². The molecule has 1 atom stereocenters. The molecule has 0 saturated heterocycles. The van der Waals surface area contributed by atoms with Gasteiger partial charge in [0.1, 0.15) is 0 Å². The zero-order valence-electron chi connectivity index (χ0n) is 11.3. The lowest BCUT2D eigenvalue weighted by Crippen LogP contribution is -2.35. The molecule has 100 valence electrons. The molecule has 0 spiro atoms. The van der Waals surface area contributed by atoms with Crippen LogP contribution in [-0.2, 0) is 11.3 Å². The van der Waals surface area contributed by atoms with E-state index in [0.29, 0.717) is 18.1 Å². The summed E-state index contributed by atoms with van der Waals surface area (Å²) in [6.07, 6.45) is 0. The highest BCUT2D eigenvalue weighted by Crippen LogP contribution is 2.07. The van der Waals surface area contributed by atoms with Crippen LogP contribution < -0.4 is 5.46 Å². The van der Waals surface area contributed by atoms with Crippen LogP contribution in [0.2, 0.25) is 0 Å². The van der Waals surface area contributed by atoms with Gasteiger partial charge in [0.2, 0.25) is 0 Å². The predicted octanol–water partition coefficient (Wildman–Crippen LogP) is 0.223. The van der Waals surface area contributed by atoms with Crippen LogP contribution in [0.3, 0.4) is 0 Å². The summed E-state index contributed by atoms with van der Waals surface area (Å²) in [5, 5.41) is 18.1. The second-order valence-electron chi connectivity index (χ2n) is 4.48. The van der Waals surface area contributed by atoms with E-state index in [1.165, 1.54) is 0 Å². The number of hydrogen-bond acceptors (Lipinski definition) is 4. The average Bonchev–Trinajstić information content (AvgIpc) is 2.36. The molecule has 18 heavy (non-hydrogen) atoms. The van der Waals surface area contributed by atoms with Crippen molar-refractivity contribution in [2.24, 2.45) is 0 Å². The van der Waals surface area contributed by atoms with Crippen LogP contribution in [0.4, 0.5) is 0 Å². The molecule has 0 heterocycles. The monoisotopic (exact) mass is 251 g/mol. The fourth-order valence-electron chi connectivity index (χ4n) is 1.96. The van der Waals surface area contributed by atoms with E-state index in [-0.39, 0.29) is 0 Å². The molecule has 0 bridgehead atoms. The third kappa shape index (κ3) is 4.42. The van der Waals surface area contributed by atoms with Gasteiger partial charge in [0.15, 0.2) is 0 Å². The third-order valence-corrected chi connectivity index (χ3v) is 3.10. The van der Waals surface area contributed by atoms with Crippen LogP contribution in [0, 0.1) is 0 Å². The molecule has 0 amide bonds. The van der Waals surface area contributed by atoms with E-state index >= 15 is 0 Å². The largest absolute Gasteiger partial charge is 0.488 e. The highest BCUT2D eigenvalue weighted by atomic mass is 16.5. The standard InChI is InChI=1S/C13H22BNO3/c1-4-15(11(2)10-18-3)9-12-5-7-13(8-6-12)14(16)17/h5-8,11,16-17H,4,9-10H2,1-3H3. The Morgan fingerprint density at radius 2 is 1.89 bits per heavy atom. The smallest absolute Gasteiger partial charge is 0.423 e. The van der Waals surface area contributed by atoms with Crippen molar-refractivity contribution in [3.63, 3.8) is 0 Å². The first-order valence-electron chi connectivity index (χ1n) is 6.26. The molecule has 0 aliphatic heterocycles. The lowest BCUT2D eigenvalue weighted by atomic mass is 9.80. The second kappa shape index (κ2) is 7.54. The maximum atomic E-state index is 9.03. The van der Waals surface area contributed by atoms with Crippen molar-refractivity contribution < 1.29 is 14.8 Å². The van der Waals surface area contributed by atoms with Crippen LogP contribution in [0.15, 0.2) is 24.3 Å². The average molecular weight is 251 g/mol. The first-order valence-corrected chi connectivity index (χ1v) is 6.26. The quantitative estimate of drug-likeness (QED) is 0.681. The van der Waals surface area contributed by atoms with Gasteiger partial charge in [0.05, 0.1) is 6.61 Å². The van der Waals surface area contributed by atoms with Gasteiger partial charge in [-0.25, -0.2) is 0 Å².